The van der Waals surface area contributed by atoms with Gasteiger partial charge < -0.3 is 5.32 Å². The number of sulfonamides is 1. The Morgan fingerprint density at radius 1 is 1.16 bits per heavy atom. The van der Waals surface area contributed by atoms with Crippen molar-refractivity contribution in [3.8, 4) is 10.4 Å². The molecule has 0 radical (unpaired) electrons. The average molecular weight is 600 g/mol. The number of hydrogen-bond acceptors (Lipinski definition) is 7. The zero-order valence-corrected chi connectivity index (χ0v) is 24.4. The van der Waals surface area contributed by atoms with Gasteiger partial charge in [-0.05, 0) is 79.2 Å². The predicted octanol–water partition coefficient (Wildman–Crippen LogP) is 4.62. The van der Waals surface area contributed by atoms with Gasteiger partial charge in [-0.1, -0.05) is 35.9 Å². The summed E-state index contributed by atoms with van der Waals surface area (Å²) in [6.45, 7) is 5.21. The fourth-order valence-electron chi connectivity index (χ4n) is 3.99. The quantitative estimate of drug-likeness (QED) is 0.290. The third kappa shape index (κ3) is 7.61. The highest BCUT2D eigenvalue weighted by molar-refractivity contribution is 7.89. The molecule has 0 saturated carbocycles. The van der Waals surface area contributed by atoms with Crippen LogP contribution in [0.4, 0.5) is 0 Å². The largest absolute Gasteiger partial charge is 0.355 e. The van der Waals surface area contributed by atoms with Crippen LogP contribution in [-0.2, 0) is 24.9 Å². The maximum Gasteiger partial charge on any atom is 0.266 e. The molecule has 1 unspecified atom stereocenters. The monoisotopic (exact) mass is 599 g/mol. The Morgan fingerprint density at radius 3 is 2.53 bits per heavy atom. The van der Waals surface area contributed by atoms with E-state index >= 15 is 0 Å². The van der Waals surface area contributed by atoms with E-state index in [2.05, 4.69) is 9.69 Å². The molecule has 0 fully saturated rings. The zero-order chi connectivity index (χ0) is 28.1. The second-order valence-electron chi connectivity index (χ2n) is 8.86. The molecule has 0 spiro atoms. The average Bonchev–Trinajstić information content (AvgIpc) is 3.28. The molecule has 2 aromatic carbocycles. The van der Waals surface area contributed by atoms with Crippen LogP contribution in [0.2, 0.25) is 5.02 Å². The van der Waals surface area contributed by atoms with Gasteiger partial charge in [0.25, 0.3) is 10.1 Å². The van der Waals surface area contributed by atoms with Crippen LogP contribution >= 0.6 is 23.1 Å². The highest BCUT2D eigenvalue weighted by Crippen LogP contribution is 2.34. The molecule has 13 heteroatoms. The Morgan fingerprint density at radius 2 is 1.87 bits per heavy atom. The van der Waals surface area contributed by atoms with Gasteiger partial charge in [0.05, 0.1) is 15.5 Å². The molecule has 206 valence electrons. The summed E-state index contributed by atoms with van der Waals surface area (Å²) in [5, 5.41) is 2.75. The molecule has 1 heterocycles. The van der Waals surface area contributed by atoms with Crippen LogP contribution < -0.4 is 5.32 Å². The minimum atomic E-state index is -4.19. The van der Waals surface area contributed by atoms with Crippen LogP contribution in [0.5, 0.6) is 0 Å². The van der Waals surface area contributed by atoms with Crippen LogP contribution in [0.25, 0.3) is 10.4 Å². The third-order valence-electron chi connectivity index (χ3n) is 6.08. The van der Waals surface area contributed by atoms with Gasteiger partial charge in [-0.25, -0.2) is 12.8 Å². The summed E-state index contributed by atoms with van der Waals surface area (Å²) in [5.41, 5.74) is 3.17. The molecular formula is C25H30ClN3O6S3. The van der Waals surface area contributed by atoms with Crippen LogP contribution in [0.1, 0.15) is 42.5 Å². The molecule has 3 rings (SSSR count). The Hall–Kier alpha value is -2.35. The second-order valence-corrected chi connectivity index (χ2v) is 13.5. The summed E-state index contributed by atoms with van der Waals surface area (Å²) < 4.78 is 63.9. The molecule has 38 heavy (non-hydrogen) atoms. The summed E-state index contributed by atoms with van der Waals surface area (Å²) in [6, 6.07) is 11.8. The lowest BCUT2D eigenvalue weighted by Crippen LogP contribution is -2.36. The lowest BCUT2D eigenvalue weighted by Gasteiger charge is -2.30. The number of benzene rings is 2. The summed E-state index contributed by atoms with van der Waals surface area (Å²) in [7, 11) is -8.21. The van der Waals surface area contributed by atoms with E-state index in [-0.39, 0.29) is 30.8 Å². The van der Waals surface area contributed by atoms with Gasteiger partial charge in [-0.15, -0.1) is 0 Å². The van der Waals surface area contributed by atoms with Crippen molar-refractivity contribution in [3.63, 3.8) is 0 Å². The Balaban J connectivity index is 1.88. The molecule has 0 aliphatic carbocycles. The van der Waals surface area contributed by atoms with E-state index in [1.807, 2.05) is 31.2 Å². The molecule has 2 N–H and O–H groups in total. The van der Waals surface area contributed by atoms with Crippen molar-refractivity contribution in [2.45, 2.75) is 44.6 Å². The molecular weight excluding hydrogens is 570 g/mol. The lowest BCUT2D eigenvalue weighted by molar-refractivity contribution is -0.121. The van der Waals surface area contributed by atoms with Gasteiger partial charge in [0.1, 0.15) is 0 Å². The van der Waals surface area contributed by atoms with Crippen LogP contribution in [0, 0.1) is 13.8 Å². The fourth-order valence-corrected chi connectivity index (χ4v) is 7.24. The second kappa shape index (κ2) is 12.7. The minimum absolute atomic E-state index is 0.0289. The zero-order valence-electron chi connectivity index (χ0n) is 21.2. The van der Waals surface area contributed by atoms with Gasteiger partial charge in [-0.3, -0.25) is 9.35 Å². The van der Waals surface area contributed by atoms with Crippen molar-refractivity contribution >= 4 is 49.2 Å². The summed E-state index contributed by atoms with van der Waals surface area (Å²) >= 11 is 7.61. The number of nitrogens with zero attached hydrogens (tertiary/aromatic N) is 2. The van der Waals surface area contributed by atoms with E-state index in [0.717, 1.165) is 21.6 Å². The molecule has 9 nitrogen and oxygen atoms in total. The standard InChI is InChI=1S/C25H30ClN3O6S3/c1-17-16-28-36-25(17)21-8-4-7-20(15-21)19(3)29(13-6-11-24(30)27-12-14-37(31,32)33)38(34,35)23-10-5-9-22(26)18(23)2/h4-5,7-10,15-16,19H,6,11-14H2,1-3H3,(H,27,30)(H,31,32,33). The van der Waals surface area contributed by atoms with Crippen molar-refractivity contribution < 1.29 is 26.2 Å². The van der Waals surface area contributed by atoms with Gasteiger partial charge in [0, 0.05) is 36.8 Å². The van der Waals surface area contributed by atoms with Gasteiger partial charge in [0.15, 0.2) is 0 Å². The maximum atomic E-state index is 13.9. The van der Waals surface area contributed by atoms with Crippen molar-refractivity contribution in [1.29, 1.82) is 0 Å². The number of carbonyl (C=O) groups is 1. The van der Waals surface area contributed by atoms with E-state index < -0.39 is 37.8 Å². The predicted molar refractivity (Wildman–Crippen MR) is 149 cm³/mol. The normalized spacial score (nSPS) is 13.0. The maximum absolute atomic E-state index is 13.9. The van der Waals surface area contributed by atoms with Crippen molar-refractivity contribution in [2.75, 3.05) is 18.8 Å². The number of carbonyl (C=O) groups excluding carboxylic acids is 1. The topological polar surface area (TPSA) is 134 Å². The Kier molecular flexibility index (Phi) is 10.1. The van der Waals surface area contributed by atoms with E-state index in [4.69, 9.17) is 16.2 Å². The Labute approximate surface area is 232 Å². The number of aromatic nitrogens is 1. The number of nitrogens with one attached hydrogen (secondary N) is 1. The van der Waals surface area contributed by atoms with Crippen LogP contribution in [-0.4, -0.2) is 54.8 Å². The summed E-state index contributed by atoms with van der Waals surface area (Å²) in [4.78, 5) is 13.3. The first-order valence-electron chi connectivity index (χ1n) is 11.8. The minimum Gasteiger partial charge on any atom is -0.355 e. The van der Waals surface area contributed by atoms with E-state index in [1.165, 1.54) is 21.9 Å². The first-order valence-corrected chi connectivity index (χ1v) is 16.0. The first kappa shape index (κ1) is 30.2. The van der Waals surface area contributed by atoms with E-state index in [0.29, 0.717) is 10.6 Å². The molecule has 3 aromatic rings. The number of hydrogen-bond donors (Lipinski definition) is 2. The molecule has 1 aromatic heterocycles. The van der Waals surface area contributed by atoms with E-state index in [1.54, 1.807) is 32.2 Å². The molecule has 0 saturated heterocycles. The third-order valence-corrected chi connectivity index (χ3v) is 10.3. The van der Waals surface area contributed by atoms with Crippen molar-refractivity contribution in [1.82, 2.24) is 14.0 Å². The first-order chi connectivity index (χ1) is 17.8. The molecule has 0 bridgehead atoms. The van der Waals surface area contributed by atoms with Crippen LogP contribution in [0.3, 0.4) is 0 Å². The van der Waals surface area contributed by atoms with E-state index in [9.17, 15) is 21.6 Å². The fraction of sp³-hybridized carbons (Fsp3) is 0.360. The van der Waals surface area contributed by atoms with Gasteiger partial charge in [-0.2, -0.15) is 12.7 Å². The summed E-state index contributed by atoms with van der Waals surface area (Å²) in [6.07, 6.45) is 1.95. The molecule has 1 amide bonds. The molecule has 0 aliphatic heterocycles. The van der Waals surface area contributed by atoms with Gasteiger partial charge >= 0.3 is 0 Å². The van der Waals surface area contributed by atoms with Gasteiger partial charge in [0.2, 0.25) is 15.9 Å². The number of rotatable bonds is 12. The lowest BCUT2D eigenvalue weighted by atomic mass is 10.0. The number of aryl methyl sites for hydroxylation is 1. The molecule has 0 aliphatic rings. The van der Waals surface area contributed by atoms with Crippen molar-refractivity contribution in [3.05, 3.63) is 70.4 Å². The molecule has 1 atom stereocenters. The highest BCUT2D eigenvalue weighted by atomic mass is 35.5. The number of amides is 1. The smallest absolute Gasteiger partial charge is 0.266 e. The SMILES string of the molecule is Cc1cnsc1-c1cccc(C(C)N(CCCC(=O)NCCS(=O)(=O)O)S(=O)(=O)c2cccc(Cl)c2C)c1. The van der Waals surface area contributed by atoms with Crippen molar-refractivity contribution in [2.24, 2.45) is 0 Å². The number of halogens is 1. The Bertz CT molecular complexity index is 1510. The van der Waals surface area contributed by atoms with Crippen LogP contribution in [0.15, 0.2) is 53.6 Å². The summed E-state index contributed by atoms with van der Waals surface area (Å²) in [5.74, 6) is -1.04. The highest BCUT2D eigenvalue weighted by Gasteiger charge is 2.31.